The minimum Gasteiger partial charge on any atom is -0.345 e. The number of carbonyl (C=O) groups excluding carboxylic acids is 2. The maximum Gasteiger partial charge on any atom is 0.251 e. The van der Waals surface area contributed by atoms with Crippen LogP contribution in [0.25, 0.3) is 0 Å². The molecule has 3 aromatic rings. The molecular formula is C20H19BrClN5O2S. The number of halogens is 2. The van der Waals surface area contributed by atoms with Crippen molar-refractivity contribution in [1.29, 1.82) is 0 Å². The zero-order valence-corrected chi connectivity index (χ0v) is 19.4. The van der Waals surface area contributed by atoms with Gasteiger partial charge in [0.15, 0.2) is 11.0 Å². The van der Waals surface area contributed by atoms with E-state index in [4.69, 9.17) is 11.6 Å². The van der Waals surface area contributed by atoms with Gasteiger partial charge >= 0.3 is 0 Å². The van der Waals surface area contributed by atoms with Crippen molar-refractivity contribution < 1.29 is 9.59 Å². The summed E-state index contributed by atoms with van der Waals surface area (Å²) >= 11 is 10.6. The standard InChI is InChI=1S/C20H19BrClN5O2S/c1-12-4-3-5-13(8-12)19(29)23-10-17-25-26-20(27(17)2)30-11-18(28)24-14-6-7-15(21)16(22)9-14/h3-9H,10-11H2,1-2H3,(H,23,29)(H,24,28). The lowest BCUT2D eigenvalue weighted by atomic mass is 10.1. The SMILES string of the molecule is Cc1cccc(C(=O)NCc2nnc(SCC(=O)Nc3ccc(Br)c(Cl)c3)n2C)c1. The number of thioether (sulfide) groups is 1. The van der Waals surface area contributed by atoms with Gasteiger partial charge in [0.25, 0.3) is 5.91 Å². The number of amides is 2. The van der Waals surface area contributed by atoms with Crippen molar-refractivity contribution >= 4 is 56.8 Å². The van der Waals surface area contributed by atoms with Crippen molar-refractivity contribution in [2.75, 3.05) is 11.1 Å². The summed E-state index contributed by atoms with van der Waals surface area (Å²) in [5.41, 5.74) is 2.23. The number of nitrogens with zero attached hydrogens (tertiary/aromatic N) is 3. The zero-order chi connectivity index (χ0) is 21.7. The Morgan fingerprint density at radius 3 is 2.73 bits per heavy atom. The van der Waals surface area contributed by atoms with Crippen LogP contribution in [0.5, 0.6) is 0 Å². The molecule has 0 saturated carbocycles. The Labute approximate surface area is 191 Å². The Hall–Kier alpha value is -2.36. The quantitative estimate of drug-likeness (QED) is 0.467. The monoisotopic (exact) mass is 507 g/mol. The number of hydrogen-bond donors (Lipinski definition) is 2. The van der Waals surface area contributed by atoms with Crippen LogP contribution in [0.4, 0.5) is 5.69 Å². The molecule has 7 nitrogen and oxygen atoms in total. The molecular weight excluding hydrogens is 490 g/mol. The van der Waals surface area contributed by atoms with E-state index < -0.39 is 0 Å². The van der Waals surface area contributed by atoms with Gasteiger partial charge in [0.05, 0.1) is 17.3 Å². The zero-order valence-electron chi connectivity index (χ0n) is 16.3. The lowest BCUT2D eigenvalue weighted by molar-refractivity contribution is -0.113. The minimum absolute atomic E-state index is 0.162. The van der Waals surface area contributed by atoms with Crippen LogP contribution in [0.3, 0.4) is 0 Å². The molecule has 0 aliphatic heterocycles. The van der Waals surface area contributed by atoms with E-state index in [0.717, 1.165) is 10.0 Å². The van der Waals surface area contributed by atoms with Gasteiger partial charge in [-0.1, -0.05) is 41.1 Å². The number of hydrogen-bond acceptors (Lipinski definition) is 5. The fourth-order valence-corrected chi connectivity index (χ4v) is 3.73. The first-order chi connectivity index (χ1) is 14.3. The third-order valence-electron chi connectivity index (χ3n) is 4.15. The third-order valence-corrected chi connectivity index (χ3v) is 6.40. The van der Waals surface area contributed by atoms with Crippen molar-refractivity contribution in [3.05, 3.63) is 68.9 Å². The number of rotatable bonds is 7. The molecule has 0 radical (unpaired) electrons. The average molecular weight is 509 g/mol. The van der Waals surface area contributed by atoms with Gasteiger partial charge in [-0.3, -0.25) is 9.59 Å². The summed E-state index contributed by atoms with van der Waals surface area (Å²) in [4.78, 5) is 24.5. The summed E-state index contributed by atoms with van der Waals surface area (Å²) in [5, 5.41) is 14.9. The van der Waals surface area contributed by atoms with E-state index in [9.17, 15) is 9.59 Å². The lowest BCUT2D eigenvalue weighted by Gasteiger charge is -2.07. The fourth-order valence-electron chi connectivity index (χ4n) is 2.57. The Bertz CT molecular complexity index is 1090. The number of aryl methyl sites for hydroxylation is 1. The predicted molar refractivity (Wildman–Crippen MR) is 122 cm³/mol. The molecule has 0 atom stereocenters. The third kappa shape index (κ3) is 5.84. The highest BCUT2D eigenvalue weighted by Gasteiger charge is 2.13. The largest absolute Gasteiger partial charge is 0.345 e. The summed E-state index contributed by atoms with van der Waals surface area (Å²) in [5.74, 6) is 0.396. The summed E-state index contributed by atoms with van der Waals surface area (Å²) < 4.78 is 2.52. The minimum atomic E-state index is -0.185. The second kappa shape index (κ2) is 10.1. The maximum absolute atomic E-state index is 12.3. The molecule has 2 N–H and O–H groups in total. The van der Waals surface area contributed by atoms with Crippen LogP contribution < -0.4 is 10.6 Å². The molecule has 1 aromatic heterocycles. The van der Waals surface area contributed by atoms with Gasteiger partial charge in [0.1, 0.15) is 0 Å². The summed E-state index contributed by atoms with van der Waals surface area (Å²) in [6.07, 6.45) is 0. The molecule has 30 heavy (non-hydrogen) atoms. The molecule has 10 heteroatoms. The summed E-state index contributed by atoms with van der Waals surface area (Å²) in [6, 6.07) is 12.6. The van der Waals surface area contributed by atoms with Crippen LogP contribution in [0.15, 0.2) is 52.1 Å². The van der Waals surface area contributed by atoms with Crippen LogP contribution in [0.1, 0.15) is 21.7 Å². The Kier molecular flexibility index (Phi) is 7.52. The van der Waals surface area contributed by atoms with Crippen molar-refractivity contribution in [1.82, 2.24) is 20.1 Å². The molecule has 0 saturated heterocycles. The topological polar surface area (TPSA) is 88.9 Å². The van der Waals surface area contributed by atoms with E-state index in [0.29, 0.717) is 27.3 Å². The Balaban J connectivity index is 1.52. The average Bonchev–Trinajstić information content (AvgIpc) is 3.07. The van der Waals surface area contributed by atoms with E-state index in [1.165, 1.54) is 11.8 Å². The Morgan fingerprint density at radius 2 is 2.00 bits per heavy atom. The number of benzene rings is 2. The van der Waals surface area contributed by atoms with E-state index in [-0.39, 0.29) is 24.1 Å². The predicted octanol–water partition coefficient (Wildman–Crippen LogP) is 4.20. The highest BCUT2D eigenvalue weighted by atomic mass is 79.9. The molecule has 0 unspecified atom stereocenters. The first-order valence-electron chi connectivity index (χ1n) is 8.94. The normalized spacial score (nSPS) is 10.7. The smallest absolute Gasteiger partial charge is 0.251 e. The van der Waals surface area contributed by atoms with Crippen LogP contribution in [0.2, 0.25) is 5.02 Å². The number of anilines is 1. The van der Waals surface area contributed by atoms with Gasteiger partial charge in [-0.2, -0.15) is 0 Å². The van der Waals surface area contributed by atoms with Gasteiger partial charge in [-0.05, 0) is 53.2 Å². The summed E-state index contributed by atoms with van der Waals surface area (Å²) in [6.45, 7) is 2.17. The lowest BCUT2D eigenvalue weighted by Crippen LogP contribution is -2.24. The molecule has 1 heterocycles. The molecule has 0 aliphatic rings. The van der Waals surface area contributed by atoms with Crippen molar-refractivity contribution in [3.63, 3.8) is 0 Å². The maximum atomic E-state index is 12.3. The van der Waals surface area contributed by atoms with Gasteiger partial charge in [0, 0.05) is 22.8 Å². The second-order valence-corrected chi connectivity index (χ2v) is 8.68. The molecule has 156 valence electrons. The number of nitrogens with one attached hydrogen (secondary N) is 2. The van der Waals surface area contributed by atoms with Gasteiger partial charge in [-0.15, -0.1) is 10.2 Å². The molecule has 0 spiro atoms. The fraction of sp³-hybridized carbons (Fsp3) is 0.200. The van der Waals surface area contributed by atoms with Crippen LogP contribution in [0, 0.1) is 6.92 Å². The molecule has 0 aliphatic carbocycles. The highest BCUT2D eigenvalue weighted by Crippen LogP contribution is 2.25. The highest BCUT2D eigenvalue weighted by molar-refractivity contribution is 9.10. The van der Waals surface area contributed by atoms with E-state index in [1.54, 1.807) is 35.9 Å². The molecule has 2 aromatic carbocycles. The van der Waals surface area contributed by atoms with Crippen LogP contribution in [-0.2, 0) is 18.4 Å². The van der Waals surface area contributed by atoms with Crippen LogP contribution >= 0.6 is 39.3 Å². The molecule has 3 rings (SSSR count). The van der Waals surface area contributed by atoms with E-state index in [1.807, 2.05) is 25.1 Å². The molecule has 0 bridgehead atoms. The first-order valence-corrected chi connectivity index (χ1v) is 11.1. The Morgan fingerprint density at radius 1 is 1.20 bits per heavy atom. The van der Waals surface area contributed by atoms with E-state index >= 15 is 0 Å². The summed E-state index contributed by atoms with van der Waals surface area (Å²) in [7, 11) is 1.79. The van der Waals surface area contributed by atoms with Crippen molar-refractivity contribution in [2.45, 2.75) is 18.6 Å². The van der Waals surface area contributed by atoms with Crippen molar-refractivity contribution in [3.8, 4) is 0 Å². The number of aromatic nitrogens is 3. The first kappa shape index (κ1) is 22.3. The van der Waals surface area contributed by atoms with Gasteiger partial charge in [0.2, 0.25) is 5.91 Å². The molecule has 2 amide bonds. The van der Waals surface area contributed by atoms with Crippen LogP contribution in [-0.4, -0.2) is 32.3 Å². The second-order valence-electron chi connectivity index (χ2n) is 6.48. The van der Waals surface area contributed by atoms with E-state index in [2.05, 4.69) is 36.8 Å². The molecule has 0 fully saturated rings. The number of carbonyl (C=O) groups is 2. The van der Waals surface area contributed by atoms with Gasteiger partial charge in [-0.25, -0.2) is 0 Å². The van der Waals surface area contributed by atoms with Gasteiger partial charge < -0.3 is 15.2 Å². The van der Waals surface area contributed by atoms with Crippen molar-refractivity contribution in [2.24, 2.45) is 7.05 Å².